The molecule has 8 nitrogen and oxygen atoms in total. The Morgan fingerprint density at radius 2 is 0.651 bits per heavy atom. The molecule has 0 spiro atoms. The number of benzene rings is 4. The number of nitrogens with zero attached hydrogens (tertiary/aromatic N) is 6. The van der Waals surface area contributed by atoms with Crippen LogP contribution in [0.15, 0.2) is 97.1 Å². The molecule has 0 unspecified atom stereocenters. The third-order valence-corrected chi connectivity index (χ3v) is 7.46. The molecule has 0 fully saturated rings. The van der Waals surface area contributed by atoms with E-state index in [0.29, 0.717) is 45.9 Å². The van der Waals surface area contributed by atoms with Crippen molar-refractivity contribution in [3.8, 4) is 45.6 Å². The molecule has 3 aromatic heterocycles. The SMILES string of the molecule is [CH3][Cu][Cl].c1ccc2c(c1)-c1nc-2nc2[nH]c(nc3nc(nc4[nH]c(n1)c1ccccc41)-c1ccccc1-3)c1ccccc21. The van der Waals surface area contributed by atoms with Gasteiger partial charge in [0.2, 0.25) is 0 Å². The Kier molecular flexibility index (Phi) is 6.22. The molecule has 7 aromatic rings. The first-order valence-corrected chi connectivity index (χ1v) is 15.6. The molecule has 0 aliphatic carbocycles. The molecule has 10 heteroatoms. The number of halogens is 1. The fourth-order valence-electron chi connectivity index (χ4n) is 5.59. The van der Waals surface area contributed by atoms with Gasteiger partial charge in [-0.25, -0.2) is 29.9 Å². The van der Waals surface area contributed by atoms with E-state index in [1.807, 2.05) is 97.1 Å². The van der Waals surface area contributed by atoms with E-state index in [9.17, 15) is 0 Å². The van der Waals surface area contributed by atoms with Crippen LogP contribution in [-0.2, 0) is 14.0 Å². The summed E-state index contributed by atoms with van der Waals surface area (Å²) in [5.74, 6) is 4.19. The zero-order chi connectivity index (χ0) is 28.9. The number of H-pyrrole nitrogens is 2. The van der Waals surface area contributed by atoms with E-state index in [-0.39, 0.29) is 0 Å². The van der Waals surface area contributed by atoms with Crippen molar-refractivity contribution in [2.45, 2.75) is 5.82 Å². The summed E-state index contributed by atoms with van der Waals surface area (Å²) in [5, 5.41) is 3.82. The second kappa shape index (κ2) is 10.4. The normalized spacial score (nSPS) is 11.7. The molecule has 0 saturated heterocycles. The van der Waals surface area contributed by atoms with Crippen LogP contribution in [-0.4, -0.2) is 39.9 Å². The summed E-state index contributed by atoms with van der Waals surface area (Å²) in [4.78, 5) is 36.8. The molecule has 8 bridgehead atoms. The molecule has 9 rings (SSSR count). The van der Waals surface area contributed by atoms with Crippen LogP contribution in [0, 0.1) is 0 Å². The van der Waals surface area contributed by atoms with E-state index in [0.717, 1.165) is 43.8 Å². The van der Waals surface area contributed by atoms with Gasteiger partial charge < -0.3 is 9.97 Å². The number of aromatic amines is 2. The molecule has 2 aliphatic rings. The van der Waals surface area contributed by atoms with E-state index in [2.05, 4.69) is 9.97 Å². The molecule has 0 atom stereocenters. The van der Waals surface area contributed by atoms with Gasteiger partial charge in [-0.3, -0.25) is 0 Å². The molecule has 4 aromatic carbocycles. The molecular formula is C33H21ClCuN8. The first kappa shape index (κ1) is 25.7. The summed E-state index contributed by atoms with van der Waals surface area (Å²) in [6.07, 6.45) is 0. The standard InChI is InChI=1S/C32H18N8.CH3.ClH.Cu/c1-2-10-18-17(9-1)25-33-26(18)38-28-21-13-5-6-14-22(21)30(35-28)40-32-24-16-8-7-15-23(24)31(36-32)39-29-20-12-4-3-11-19(20)27(34-29)37-25;;;/h1-16H,(H2,33,34,35,36,37,38,39,40);1H3;1H;/q;;;+1/p-1. The number of aromatic nitrogens is 8. The average molecular weight is 629 g/mol. The fourth-order valence-corrected chi connectivity index (χ4v) is 5.59. The monoisotopic (exact) mass is 627 g/mol. The summed E-state index contributed by atoms with van der Waals surface area (Å²) >= 11 is 1.28. The number of rotatable bonds is 0. The molecule has 5 heterocycles. The quantitative estimate of drug-likeness (QED) is 0.164. The van der Waals surface area contributed by atoms with Crippen molar-refractivity contribution in [1.82, 2.24) is 39.9 Å². The molecule has 43 heavy (non-hydrogen) atoms. The van der Waals surface area contributed by atoms with Crippen LogP contribution in [0.1, 0.15) is 0 Å². The predicted octanol–water partition coefficient (Wildman–Crippen LogP) is 8.14. The number of nitrogens with one attached hydrogen (secondary N) is 2. The van der Waals surface area contributed by atoms with Crippen molar-refractivity contribution < 1.29 is 14.0 Å². The third-order valence-electron chi connectivity index (χ3n) is 7.46. The number of hydrogen-bond donors (Lipinski definition) is 2. The van der Waals surface area contributed by atoms with Gasteiger partial charge in [0.05, 0.1) is 0 Å². The van der Waals surface area contributed by atoms with Gasteiger partial charge in [0.25, 0.3) is 0 Å². The Hall–Kier alpha value is -4.95. The van der Waals surface area contributed by atoms with Gasteiger partial charge >= 0.3 is 30.0 Å². The molecule has 0 amide bonds. The third kappa shape index (κ3) is 4.29. The minimum Gasteiger partial charge on any atom is -0.324 e. The summed E-state index contributed by atoms with van der Waals surface area (Å²) in [6, 6.07) is 32.2. The Morgan fingerprint density at radius 1 is 0.419 bits per heavy atom. The number of hydrogen-bond acceptors (Lipinski definition) is 6. The Labute approximate surface area is 255 Å². The van der Waals surface area contributed by atoms with Crippen LogP contribution >= 0.6 is 10.1 Å². The van der Waals surface area contributed by atoms with E-state index < -0.39 is 0 Å². The van der Waals surface area contributed by atoms with Crippen LogP contribution in [0.25, 0.3) is 89.7 Å². The van der Waals surface area contributed by atoms with Gasteiger partial charge in [-0.1, -0.05) is 97.1 Å². The van der Waals surface area contributed by atoms with Crippen molar-refractivity contribution >= 4 is 54.2 Å². The van der Waals surface area contributed by atoms with Crippen molar-refractivity contribution in [2.24, 2.45) is 0 Å². The van der Waals surface area contributed by atoms with Crippen LogP contribution in [0.5, 0.6) is 0 Å². The van der Waals surface area contributed by atoms with E-state index >= 15 is 0 Å². The predicted molar refractivity (Wildman–Crippen MR) is 168 cm³/mol. The number of fused-ring (bicyclic) bond motifs is 20. The maximum Gasteiger partial charge on any atom is 0.164 e. The molecular weight excluding hydrogens is 607 g/mol. The van der Waals surface area contributed by atoms with Crippen LogP contribution in [0.3, 0.4) is 0 Å². The summed E-state index contributed by atoms with van der Waals surface area (Å²) < 4.78 is 0. The first-order chi connectivity index (χ1) is 21.2. The van der Waals surface area contributed by atoms with E-state index in [4.69, 9.17) is 40.0 Å². The molecule has 0 radical (unpaired) electrons. The summed E-state index contributed by atoms with van der Waals surface area (Å²) in [7, 11) is 4.90. The minimum atomic E-state index is 0.597. The maximum absolute atomic E-state index is 5.02. The second-order valence-electron chi connectivity index (χ2n) is 9.91. The Morgan fingerprint density at radius 3 is 0.907 bits per heavy atom. The van der Waals surface area contributed by atoms with Gasteiger partial charge in [0.15, 0.2) is 23.3 Å². The average Bonchev–Trinajstić information content (AvgIpc) is 3.77. The Balaban J connectivity index is 0.000000892. The largest absolute Gasteiger partial charge is 0.324 e. The van der Waals surface area contributed by atoms with Crippen LogP contribution in [0.4, 0.5) is 0 Å². The molecule has 2 N–H and O–H groups in total. The van der Waals surface area contributed by atoms with Gasteiger partial charge in [-0.15, -0.1) is 0 Å². The zero-order valence-corrected chi connectivity index (χ0v) is 24.3. The van der Waals surface area contributed by atoms with E-state index in [1.54, 1.807) is 5.82 Å². The molecule has 0 saturated carbocycles. The summed E-state index contributed by atoms with van der Waals surface area (Å²) in [5.41, 5.74) is 6.45. The minimum absolute atomic E-state index is 0.597. The van der Waals surface area contributed by atoms with Crippen molar-refractivity contribution in [3.05, 3.63) is 97.1 Å². The van der Waals surface area contributed by atoms with Crippen molar-refractivity contribution in [3.63, 3.8) is 0 Å². The Bertz CT molecular complexity index is 2060. The van der Waals surface area contributed by atoms with Crippen molar-refractivity contribution in [1.29, 1.82) is 0 Å². The van der Waals surface area contributed by atoms with E-state index in [1.165, 1.54) is 14.0 Å². The van der Waals surface area contributed by atoms with Crippen LogP contribution in [0.2, 0.25) is 5.82 Å². The summed E-state index contributed by atoms with van der Waals surface area (Å²) in [6.45, 7) is 0. The first-order valence-electron chi connectivity index (χ1n) is 13.4. The topological polar surface area (TPSA) is 109 Å². The zero-order valence-electron chi connectivity index (χ0n) is 22.6. The molecule has 2 aliphatic heterocycles. The van der Waals surface area contributed by atoms with Crippen LogP contribution < -0.4 is 0 Å². The fraction of sp³-hybridized carbons (Fsp3) is 0.0303. The van der Waals surface area contributed by atoms with Gasteiger partial charge in [-0.05, 0) is 0 Å². The maximum atomic E-state index is 5.02. The van der Waals surface area contributed by atoms with Gasteiger partial charge in [0, 0.05) is 43.8 Å². The second-order valence-corrected chi connectivity index (χ2v) is 11.2. The molecule has 211 valence electrons. The van der Waals surface area contributed by atoms with Gasteiger partial charge in [0.1, 0.15) is 22.6 Å². The van der Waals surface area contributed by atoms with Crippen molar-refractivity contribution in [2.75, 3.05) is 0 Å². The smallest absolute Gasteiger partial charge is 0.164 e. The van der Waals surface area contributed by atoms with Gasteiger partial charge in [-0.2, -0.15) is 0 Å².